The van der Waals surface area contributed by atoms with Crippen LogP contribution < -0.4 is 0 Å². The topological polar surface area (TPSA) is 55.0 Å². The van der Waals surface area contributed by atoms with Crippen LogP contribution in [0.1, 0.15) is 10.6 Å². The molecule has 0 fully saturated rings. The number of esters is 1. The second kappa shape index (κ2) is 3.86. The molecule has 4 nitrogen and oxygen atoms in total. The number of hydrogen-bond donors (Lipinski definition) is 1. The molecule has 1 N–H and O–H groups in total. The summed E-state index contributed by atoms with van der Waals surface area (Å²) in [4.78, 5) is 18.2. The van der Waals surface area contributed by atoms with E-state index in [0.29, 0.717) is 5.52 Å². The molecule has 0 saturated heterocycles. The molecule has 0 bridgehead atoms. The Kier molecular flexibility index (Phi) is 2.55. The van der Waals surface area contributed by atoms with Gasteiger partial charge in [-0.1, -0.05) is 22.5 Å². The normalized spacial score (nSPS) is 10.2. The molecule has 1 aromatic carbocycles. The lowest BCUT2D eigenvalue weighted by molar-refractivity contribution is 0.0652. The van der Waals surface area contributed by atoms with Gasteiger partial charge in [0.1, 0.15) is 0 Å². The van der Waals surface area contributed by atoms with Crippen molar-refractivity contribution in [2.75, 3.05) is 0 Å². The number of benzene rings is 1. The number of aromatic amines is 1. The lowest BCUT2D eigenvalue weighted by atomic mass is 10.3. The number of nitrogens with zero attached hydrogens (tertiary/aromatic N) is 1. The van der Waals surface area contributed by atoms with Gasteiger partial charge in [-0.05, 0) is 18.2 Å². The maximum atomic E-state index is 11.3. The van der Waals surface area contributed by atoms with Crippen LogP contribution in [0.25, 0.3) is 11.0 Å². The van der Waals surface area contributed by atoms with Gasteiger partial charge in [-0.25, -0.2) is 9.78 Å². The average Bonchev–Trinajstić information content (AvgIpc) is 2.60. The number of imidazole rings is 1. The van der Waals surface area contributed by atoms with Gasteiger partial charge >= 0.3 is 5.97 Å². The highest BCUT2D eigenvalue weighted by Crippen LogP contribution is 2.17. The summed E-state index contributed by atoms with van der Waals surface area (Å²) in [5, 5.41) is 0. The van der Waals surface area contributed by atoms with E-state index in [4.69, 9.17) is 0 Å². The van der Waals surface area contributed by atoms with Crippen LogP contribution in [0.4, 0.5) is 0 Å². The number of carbonyl (C=O) groups excluding carboxylic acids is 1. The van der Waals surface area contributed by atoms with Crippen molar-refractivity contribution in [1.29, 1.82) is 0 Å². The molecule has 5 heteroatoms. The van der Waals surface area contributed by atoms with Gasteiger partial charge in [-0.3, -0.25) is 0 Å². The fourth-order valence-corrected chi connectivity index (χ4v) is 1.57. The van der Waals surface area contributed by atoms with E-state index in [-0.39, 0.29) is 5.82 Å². The molecule has 0 saturated carbocycles. The van der Waals surface area contributed by atoms with Gasteiger partial charge in [0.2, 0.25) is 5.82 Å². The van der Waals surface area contributed by atoms with Crippen LogP contribution in [0.2, 0.25) is 0 Å². The van der Waals surface area contributed by atoms with Crippen molar-refractivity contribution in [2.45, 2.75) is 0 Å². The second-order valence-corrected chi connectivity index (χ2v) is 3.73. The first-order valence-corrected chi connectivity index (χ1v) is 4.97. The molecular formula is C10H7BrN2O2. The van der Waals surface area contributed by atoms with Crippen LogP contribution in [-0.2, 0) is 4.74 Å². The minimum absolute atomic E-state index is 0.169. The molecule has 1 aromatic heterocycles. The van der Waals surface area contributed by atoms with Crippen molar-refractivity contribution in [2.24, 2.45) is 0 Å². The minimum Gasteiger partial charge on any atom is -0.429 e. The van der Waals surface area contributed by atoms with E-state index in [1.54, 1.807) is 6.07 Å². The fourth-order valence-electron chi connectivity index (χ4n) is 1.21. The number of aromatic nitrogens is 2. The summed E-state index contributed by atoms with van der Waals surface area (Å²) in [5.74, 6) is -0.375. The van der Waals surface area contributed by atoms with Gasteiger partial charge < -0.3 is 9.72 Å². The number of carbonyl (C=O) groups is 1. The number of hydrogen-bond acceptors (Lipinski definition) is 3. The first-order chi connectivity index (χ1) is 7.20. The first kappa shape index (κ1) is 9.92. The van der Waals surface area contributed by atoms with Crippen molar-refractivity contribution in [3.05, 3.63) is 41.3 Å². The smallest absolute Gasteiger partial charge is 0.379 e. The highest BCUT2D eigenvalue weighted by Gasteiger charge is 2.11. The number of ether oxygens (including phenoxy) is 1. The van der Waals surface area contributed by atoms with Crippen LogP contribution in [0.15, 0.2) is 35.5 Å². The minimum atomic E-state index is -0.544. The molecule has 2 rings (SSSR count). The van der Waals surface area contributed by atoms with Gasteiger partial charge in [-0.2, -0.15) is 0 Å². The molecule has 76 valence electrons. The van der Waals surface area contributed by atoms with Crippen LogP contribution in [0.5, 0.6) is 0 Å². The van der Waals surface area contributed by atoms with Crippen molar-refractivity contribution in [3.63, 3.8) is 0 Å². The molecule has 0 aliphatic heterocycles. The van der Waals surface area contributed by atoms with E-state index >= 15 is 0 Å². The van der Waals surface area contributed by atoms with Gasteiger partial charge in [0.15, 0.2) is 0 Å². The van der Waals surface area contributed by atoms with Gasteiger partial charge in [0.05, 0.1) is 17.3 Å². The lowest BCUT2D eigenvalue weighted by Gasteiger charge is -1.91. The average molecular weight is 267 g/mol. The molecule has 1 heterocycles. The Morgan fingerprint density at radius 1 is 1.60 bits per heavy atom. The summed E-state index contributed by atoms with van der Waals surface area (Å²) < 4.78 is 5.53. The summed E-state index contributed by atoms with van der Waals surface area (Å²) in [6.45, 7) is 3.30. The molecule has 15 heavy (non-hydrogen) atoms. The van der Waals surface area contributed by atoms with Crippen LogP contribution in [0, 0.1) is 0 Å². The summed E-state index contributed by atoms with van der Waals surface area (Å²) in [7, 11) is 0. The highest BCUT2D eigenvalue weighted by molar-refractivity contribution is 9.10. The van der Waals surface area contributed by atoms with Crippen molar-refractivity contribution in [1.82, 2.24) is 9.97 Å². The molecule has 0 radical (unpaired) electrons. The Labute approximate surface area is 94.1 Å². The maximum absolute atomic E-state index is 11.3. The SMILES string of the molecule is C=COC(=O)c1nc2ccc(Br)cc2[nH]1. The Hall–Kier alpha value is -1.62. The summed E-state index contributed by atoms with van der Waals surface area (Å²) >= 11 is 3.33. The van der Waals surface area contributed by atoms with Gasteiger partial charge in [0, 0.05) is 4.47 Å². The zero-order valence-electron chi connectivity index (χ0n) is 7.66. The van der Waals surface area contributed by atoms with Gasteiger partial charge in [0.25, 0.3) is 0 Å². The number of H-pyrrole nitrogens is 1. The van der Waals surface area contributed by atoms with Crippen molar-refractivity contribution in [3.8, 4) is 0 Å². The molecule has 0 aliphatic rings. The zero-order chi connectivity index (χ0) is 10.8. The Morgan fingerprint density at radius 3 is 3.13 bits per heavy atom. The number of fused-ring (bicyclic) bond motifs is 1. The van der Waals surface area contributed by atoms with E-state index in [1.165, 1.54) is 0 Å². The summed E-state index contributed by atoms with van der Waals surface area (Å²) in [6.07, 6.45) is 1.07. The third-order valence-electron chi connectivity index (χ3n) is 1.83. The van der Waals surface area contributed by atoms with E-state index in [2.05, 4.69) is 37.2 Å². The van der Waals surface area contributed by atoms with E-state index in [9.17, 15) is 4.79 Å². The summed E-state index contributed by atoms with van der Waals surface area (Å²) in [6, 6.07) is 5.50. The quantitative estimate of drug-likeness (QED) is 0.672. The van der Waals surface area contributed by atoms with E-state index in [0.717, 1.165) is 16.3 Å². The third kappa shape index (κ3) is 1.92. The fraction of sp³-hybridized carbons (Fsp3) is 0. The van der Waals surface area contributed by atoms with E-state index in [1.807, 2.05) is 12.1 Å². The third-order valence-corrected chi connectivity index (χ3v) is 2.32. The van der Waals surface area contributed by atoms with Crippen LogP contribution in [-0.4, -0.2) is 15.9 Å². The molecule has 0 unspecified atom stereocenters. The maximum Gasteiger partial charge on any atom is 0.379 e. The molecule has 2 aromatic rings. The number of rotatable bonds is 2. The first-order valence-electron chi connectivity index (χ1n) is 4.18. The molecule has 0 aliphatic carbocycles. The zero-order valence-corrected chi connectivity index (χ0v) is 9.24. The highest BCUT2D eigenvalue weighted by atomic mass is 79.9. The van der Waals surface area contributed by atoms with Crippen molar-refractivity contribution >= 4 is 32.9 Å². The molecule has 0 amide bonds. The van der Waals surface area contributed by atoms with E-state index < -0.39 is 5.97 Å². The molecule has 0 spiro atoms. The van der Waals surface area contributed by atoms with Crippen LogP contribution >= 0.6 is 15.9 Å². The van der Waals surface area contributed by atoms with Crippen LogP contribution in [0.3, 0.4) is 0 Å². The monoisotopic (exact) mass is 266 g/mol. The molecular weight excluding hydrogens is 260 g/mol. The second-order valence-electron chi connectivity index (χ2n) is 2.82. The number of nitrogens with one attached hydrogen (secondary N) is 1. The largest absolute Gasteiger partial charge is 0.429 e. The predicted molar refractivity (Wildman–Crippen MR) is 59.4 cm³/mol. The van der Waals surface area contributed by atoms with Crippen molar-refractivity contribution < 1.29 is 9.53 Å². The lowest BCUT2D eigenvalue weighted by Crippen LogP contribution is -2.02. The number of halogens is 1. The summed E-state index contributed by atoms with van der Waals surface area (Å²) in [5.41, 5.74) is 1.49. The Bertz CT molecular complexity index is 533. The standard InChI is InChI=1S/C10H7BrN2O2/c1-2-15-10(14)9-12-7-4-3-6(11)5-8(7)13-9/h2-5H,1H2,(H,12,13). The van der Waals surface area contributed by atoms with Gasteiger partial charge in [-0.15, -0.1) is 0 Å². The Balaban J connectivity index is 2.47. The predicted octanol–water partition coefficient (Wildman–Crippen LogP) is 2.63. The molecule has 0 atom stereocenters. The Morgan fingerprint density at radius 2 is 2.40 bits per heavy atom.